The van der Waals surface area contributed by atoms with Crippen molar-refractivity contribution < 1.29 is 18.3 Å². The van der Waals surface area contributed by atoms with Gasteiger partial charge in [0.2, 0.25) is 0 Å². The van der Waals surface area contributed by atoms with E-state index in [4.69, 9.17) is 15.2 Å². The molecule has 2 heterocycles. The van der Waals surface area contributed by atoms with E-state index < -0.39 is 11.6 Å². The van der Waals surface area contributed by atoms with Crippen LogP contribution in [0.5, 0.6) is 5.88 Å². The second kappa shape index (κ2) is 5.27. The topological polar surface area (TPSA) is 57.4 Å². The minimum Gasteiger partial charge on any atom is -0.475 e. The molecule has 1 aliphatic rings. The van der Waals surface area contributed by atoms with Gasteiger partial charge in [-0.2, -0.15) is 4.98 Å². The fourth-order valence-corrected chi connectivity index (χ4v) is 1.67. The predicted molar refractivity (Wildman–Crippen MR) is 57.6 cm³/mol. The lowest BCUT2D eigenvalue weighted by Gasteiger charge is -2.21. The molecule has 0 aromatic carbocycles. The van der Waals surface area contributed by atoms with Crippen LogP contribution in [-0.2, 0) is 4.74 Å². The van der Waals surface area contributed by atoms with E-state index in [0.29, 0.717) is 31.8 Å². The van der Waals surface area contributed by atoms with E-state index in [1.807, 2.05) is 0 Å². The third kappa shape index (κ3) is 3.03. The number of rotatable bonds is 3. The zero-order valence-electron chi connectivity index (χ0n) is 9.29. The Balaban J connectivity index is 1.96. The second-order valence-corrected chi connectivity index (χ2v) is 4.01. The fraction of sp³-hybridized carbons (Fsp3) is 0.545. The first-order valence-corrected chi connectivity index (χ1v) is 5.49. The molecule has 1 fully saturated rings. The molecule has 17 heavy (non-hydrogen) atoms. The molecule has 0 spiro atoms. The third-order valence-corrected chi connectivity index (χ3v) is 2.72. The smallest absolute Gasteiger partial charge is 0.252 e. The number of nitrogens with zero attached hydrogens (tertiary/aromatic N) is 1. The summed E-state index contributed by atoms with van der Waals surface area (Å²) in [4.78, 5) is 3.53. The molecule has 1 aliphatic heterocycles. The highest BCUT2D eigenvalue weighted by Gasteiger charge is 2.17. The van der Waals surface area contributed by atoms with Crippen LogP contribution in [0, 0.1) is 17.6 Å². The molecule has 2 N–H and O–H groups in total. The maximum atomic E-state index is 13.3. The van der Waals surface area contributed by atoms with E-state index in [1.54, 1.807) is 0 Å². The van der Waals surface area contributed by atoms with Gasteiger partial charge in [-0.25, -0.2) is 8.78 Å². The first kappa shape index (κ1) is 12.0. The Morgan fingerprint density at radius 3 is 2.76 bits per heavy atom. The monoisotopic (exact) mass is 244 g/mol. The highest BCUT2D eigenvalue weighted by molar-refractivity contribution is 5.34. The van der Waals surface area contributed by atoms with Crippen molar-refractivity contribution in [3.8, 4) is 5.88 Å². The van der Waals surface area contributed by atoms with Crippen LogP contribution in [0.1, 0.15) is 12.8 Å². The maximum Gasteiger partial charge on any atom is 0.252 e. The first-order chi connectivity index (χ1) is 8.16. The lowest BCUT2D eigenvalue weighted by atomic mass is 10.0. The molecule has 1 aromatic heterocycles. The molecular weight excluding hydrogens is 230 g/mol. The summed E-state index contributed by atoms with van der Waals surface area (Å²) in [5.74, 6) is -1.98. The number of aromatic nitrogens is 1. The van der Waals surface area contributed by atoms with Gasteiger partial charge in [0, 0.05) is 19.3 Å². The van der Waals surface area contributed by atoms with Gasteiger partial charge >= 0.3 is 0 Å². The molecule has 1 aromatic rings. The van der Waals surface area contributed by atoms with Gasteiger partial charge in [-0.15, -0.1) is 0 Å². The Kier molecular flexibility index (Phi) is 3.73. The number of hydrogen-bond donors (Lipinski definition) is 1. The van der Waals surface area contributed by atoms with E-state index in [1.165, 1.54) is 0 Å². The quantitative estimate of drug-likeness (QED) is 0.880. The number of nitrogen functional groups attached to an aromatic ring is 1. The largest absolute Gasteiger partial charge is 0.475 e. The van der Waals surface area contributed by atoms with Crippen LogP contribution in [0.25, 0.3) is 0 Å². The third-order valence-electron chi connectivity index (χ3n) is 2.72. The Morgan fingerprint density at radius 2 is 2.06 bits per heavy atom. The number of hydrogen-bond acceptors (Lipinski definition) is 4. The Labute approximate surface area is 97.7 Å². The number of ether oxygens (including phenoxy) is 2. The van der Waals surface area contributed by atoms with E-state index in [2.05, 4.69) is 4.98 Å². The van der Waals surface area contributed by atoms with Crippen LogP contribution in [0.4, 0.5) is 14.6 Å². The number of nitrogens with two attached hydrogens (primary N) is 1. The van der Waals surface area contributed by atoms with Crippen LogP contribution >= 0.6 is 0 Å². The molecular formula is C11H14F2N2O2. The molecule has 0 aliphatic carbocycles. The van der Waals surface area contributed by atoms with Crippen molar-refractivity contribution in [1.29, 1.82) is 0 Å². The van der Waals surface area contributed by atoms with Gasteiger partial charge in [-0.3, -0.25) is 0 Å². The summed E-state index contributed by atoms with van der Waals surface area (Å²) in [7, 11) is 0. The van der Waals surface area contributed by atoms with Gasteiger partial charge in [-0.1, -0.05) is 0 Å². The fourth-order valence-electron chi connectivity index (χ4n) is 1.67. The van der Waals surface area contributed by atoms with Crippen molar-refractivity contribution >= 4 is 5.82 Å². The van der Waals surface area contributed by atoms with Crippen LogP contribution in [-0.4, -0.2) is 24.8 Å². The van der Waals surface area contributed by atoms with Gasteiger partial charge in [-0.05, 0) is 18.8 Å². The van der Waals surface area contributed by atoms with Gasteiger partial charge < -0.3 is 15.2 Å². The second-order valence-electron chi connectivity index (χ2n) is 4.01. The molecule has 0 atom stereocenters. The zero-order chi connectivity index (χ0) is 12.3. The molecule has 6 heteroatoms. The number of halogens is 2. The average Bonchev–Trinajstić information content (AvgIpc) is 2.33. The molecule has 2 rings (SSSR count). The molecule has 0 unspecified atom stereocenters. The van der Waals surface area contributed by atoms with Gasteiger partial charge in [0.05, 0.1) is 6.61 Å². The van der Waals surface area contributed by atoms with E-state index in [-0.39, 0.29) is 11.7 Å². The Bertz CT molecular complexity index is 395. The van der Waals surface area contributed by atoms with Gasteiger partial charge in [0.1, 0.15) is 0 Å². The number of pyridine rings is 1. The van der Waals surface area contributed by atoms with Crippen molar-refractivity contribution in [2.24, 2.45) is 5.92 Å². The lowest BCUT2D eigenvalue weighted by Crippen LogP contribution is -2.22. The first-order valence-electron chi connectivity index (χ1n) is 5.49. The van der Waals surface area contributed by atoms with Crippen molar-refractivity contribution in [2.75, 3.05) is 25.6 Å². The predicted octanol–water partition coefficient (Wildman–Crippen LogP) is 1.75. The van der Waals surface area contributed by atoms with Crippen LogP contribution in [0.15, 0.2) is 6.07 Å². The van der Waals surface area contributed by atoms with E-state index >= 15 is 0 Å². The highest BCUT2D eigenvalue weighted by atomic mass is 19.1. The van der Waals surface area contributed by atoms with Crippen LogP contribution < -0.4 is 10.5 Å². The molecule has 0 amide bonds. The Morgan fingerprint density at radius 1 is 1.35 bits per heavy atom. The molecule has 1 saturated heterocycles. The van der Waals surface area contributed by atoms with E-state index in [0.717, 1.165) is 12.8 Å². The summed E-state index contributed by atoms with van der Waals surface area (Å²) in [5, 5.41) is 0. The summed E-state index contributed by atoms with van der Waals surface area (Å²) in [6, 6.07) is 0.682. The Hall–Kier alpha value is -1.43. The normalized spacial score (nSPS) is 17.1. The van der Waals surface area contributed by atoms with Gasteiger partial charge in [0.25, 0.3) is 5.88 Å². The van der Waals surface area contributed by atoms with Crippen LogP contribution in [0.2, 0.25) is 0 Å². The summed E-state index contributed by atoms with van der Waals surface area (Å²) >= 11 is 0. The molecule has 0 radical (unpaired) electrons. The van der Waals surface area contributed by atoms with Crippen molar-refractivity contribution in [1.82, 2.24) is 4.98 Å². The maximum absolute atomic E-state index is 13.3. The highest BCUT2D eigenvalue weighted by Crippen LogP contribution is 2.21. The van der Waals surface area contributed by atoms with Gasteiger partial charge in [0.15, 0.2) is 17.5 Å². The van der Waals surface area contributed by atoms with E-state index in [9.17, 15) is 8.78 Å². The van der Waals surface area contributed by atoms with Crippen molar-refractivity contribution in [3.63, 3.8) is 0 Å². The van der Waals surface area contributed by atoms with Crippen molar-refractivity contribution in [3.05, 3.63) is 17.7 Å². The molecule has 0 bridgehead atoms. The molecule has 0 saturated carbocycles. The van der Waals surface area contributed by atoms with Crippen molar-refractivity contribution in [2.45, 2.75) is 12.8 Å². The molecule has 4 nitrogen and oxygen atoms in total. The summed E-state index contributed by atoms with van der Waals surface area (Å²) in [6.45, 7) is 1.73. The lowest BCUT2D eigenvalue weighted by molar-refractivity contribution is 0.0483. The minimum absolute atomic E-state index is 0.240. The average molecular weight is 244 g/mol. The minimum atomic E-state index is -0.874. The van der Waals surface area contributed by atoms with Crippen LogP contribution in [0.3, 0.4) is 0 Å². The summed E-state index contributed by atoms with van der Waals surface area (Å²) in [6.07, 6.45) is 1.75. The standard InChI is InChI=1S/C11H14F2N2O2/c12-8-5-9(13)11(15-10(8)14)17-6-7-1-3-16-4-2-7/h5,7H,1-4,6H2,(H2,14,15). The number of anilines is 1. The SMILES string of the molecule is Nc1nc(OCC2CCOCC2)c(F)cc1F. The molecule has 94 valence electrons. The zero-order valence-corrected chi connectivity index (χ0v) is 9.29. The summed E-state index contributed by atoms with van der Waals surface area (Å²) in [5.41, 5.74) is 5.25. The summed E-state index contributed by atoms with van der Waals surface area (Å²) < 4.78 is 36.6.